The van der Waals surface area contributed by atoms with Gasteiger partial charge in [0.2, 0.25) is 0 Å². The Labute approximate surface area is 173 Å². The Bertz CT molecular complexity index is 525. The molecule has 0 rings (SSSR count). The van der Waals surface area contributed by atoms with E-state index >= 15 is 0 Å². The van der Waals surface area contributed by atoms with E-state index in [9.17, 15) is 9.59 Å². The third-order valence-corrected chi connectivity index (χ3v) is 11.5. The molecule has 0 aromatic rings. The van der Waals surface area contributed by atoms with Crippen LogP contribution < -0.4 is 0 Å². The summed E-state index contributed by atoms with van der Waals surface area (Å²) in [5, 5.41) is 0. The molecule has 1 atom stereocenters. The molecule has 0 N–H and O–H groups in total. The van der Waals surface area contributed by atoms with Gasteiger partial charge in [-0.1, -0.05) is 66.2 Å². The quantitative estimate of drug-likeness (QED) is 0.119. The van der Waals surface area contributed by atoms with Gasteiger partial charge in [-0.05, 0) is 48.9 Å². The van der Waals surface area contributed by atoms with Crippen LogP contribution in [0.25, 0.3) is 0 Å². The van der Waals surface area contributed by atoms with Crippen LogP contribution in [0.4, 0.5) is 0 Å². The van der Waals surface area contributed by atoms with Gasteiger partial charge in [0.25, 0.3) is 0 Å². The highest BCUT2D eigenvalue weighted by molar-refractivity contribution is 6.77. The molecule has 0 radical (unpaired) electrons. The van der Waals surface area contributed by atoms with Crippen LogP contribution in [0.3, 0.4) is 0 Å². The molecule has 0 aromatic heterocycles. The Morgan fingerprint density at radius 1 is 0.929 bits per heavy atom. The summed E-state index contributed by atoms with van der Waals surface area (Å²) in [6.45, 7) is 20.7. The molecule has 162 valence electrons. The molecule has 0 bridgehead atoms. The first-order chi connectivity index (χ1) is 13.0. The maximum atomic E-state index is 11.8. The van der Waals surface area contributed by atoms with Crippen LogP contribution in [0.2, 0.25) is 16.6 Å². The van der Waals surface area contributed by atoms with Crippen LogP contribution in [0.15, 0.2) is 23.8 Å². The van der Waals surface area contributed by atoms with E-state index in [-0.39, 0.29) is 12.2 Å². The summed E-state index contributed by atoms with van der Waals surface area (Å²) in [6, 6.07) is 0. The first-order valence-corrected chi connectivity index (χ1v) is 12.8. The van der Waals surface area contributed by atoms with Gasteiger partial charge in [0.1, 0.15) is 6.42 Å². The number of esters is 1. The zero-order valence-corrected chi connectivity index (χ0v) is 20.5. The second-order valence-electron chi connectivity index (χ2n) is 8.49. The van der Waals surface area contributed by atoms with Gasteiger partial charge in [-0.25, -0.2) is 0 Å². The number of hydrogen-bond acceptors (Lipinski definition) is 4. The van der Waals surface area contributed by atoms with E-state index in [0.29, 0.717) is 29.1 Å². The maximum absolute atomic E-state index is 11.8. The molecule has 4 nitrogen and oxygen atoms in total. The van der Waals surface area contributed by atoms with Gasteiger partial charge in [0.15, 0.2) is 14.1 Å². The lowest BCUT2D eigenvalue weighted by Gasteiger charge is -2.42. The van der Waals surface area contributed by atoms with Crippen LogP contribution >= 0.6 is 0 Å². The number of allylic oxidation sites excluding steroid dienone is 3. The molecule has 0 aromatic carbocycles. The molecule has 0 amide bonds. The van der Waals surface area contributed by atoms with Crippen molar-refractivity contribution in [2.45, 2.75) is 91.8 Å². The number of ketones is 1. The summed E-state index contributed by atoms with van der Waals surface area (Å²) in [6.07, 6.45) is 6.20. The predicted octanol–water partition coefficient (Wildman–Crippen LogP) is 6.23. The first-order valence-electron chi connectivity index (χ1n) is 10.7. The summed E-state index contributed by atoms with van der Waals surface area (Å²) in [5.74, 6) is -0.398. The average molecular weight is 411 g/mol. The fraction of sp³-hybridized carbons (Fsp3) is 0.739. The second kappa shape index (κ2) is 13.1. The topological polar surface area (TPSA) is 52.6 Å². The third-order valence-electron chi connectivity index (χ3n) is 5.43. The lowest BCUT2D eigenvalue weighted by atomic mass is 10.0. The number of carbonyl (C=O) groups is 2. The van der Waals surface area contributed by atoms with Crippen molar-refractivity contribution in [3.63, 3.8) is 0 Å². The van der Waals surface area contributed by atoms with E-state index in [4.69, 9.17) is 9.16 Å². The van der Waals surface area contributed by atoms with E-state index in [0.717, 1.165) is 18.6 Å². The fourth-order valence-electron chi connectivity index (χ4n) is 4.10. The van der Waals surface area contributed by atoms with Crippen molar-refractivity contribution in [1.82, 2.24) is 0 Å². The molecule has 0 fully saturated rings. The van der Waals surface area contributed by atoms with Gasteiger partial charge in [0.05, 0.1) is 6.61 Å². The van der Waals surface area contributed by atoms with E-state index in [1.165, 1.54) is 6.08 Å². The van der Waals surface area contributed by atoms with Gasteiger partial charge >= 0.3 is 5.97 Å². The van der Waals surface area contributed by atoms with Gasteiger partial charge in [-0.15, -0.1) is 0 Å². The summed E-state index contributed by atoms with van der Waals surface area (Å²) in [7, 11) is -1.87. The molecule has 0 spiro atoms. The van der Waals surface area contributed by atoms with E-state index in [1.807, 2.05) is 6.92 Å². The van der Waals surface area contributed by atoms with Crippen LogP contribution in [0, 0.1) is 5.92 Å². The van der Waals surface area contributed by atoms with Crippen LogP contribution in [-0.4, -0.2) is 33.3 Å². The molecule has 0 unspecified atom stereocenters. The number of hydrogen-bond donors (Lipinski definition) is 0. The zero-order chi connectivity index (χ0) is 21.9. The molecule has 0 saturated heterocycles. The summed E-state index contributed by atoms with van der Waals surface area (Å²) >= 11 is 0. The molecule has 0 aliphatic heterocycles. The standard InChI is InChI=1S/C23H42O4Si/c1-10-21(16-27-28(17(3)4,18(5)6)19(7)8)14-20(9)12-13-22(24)15-23(25)26-11-2/h12-14,17-19,21H,10-11,15-16H2,1-9H3/b13-12+,20-14+/t21-/m0/s1. The highest BCUT2D eigenvalue weighted by Crippen LogP contribution is 2.42. The molecule has 0 heterocycles. The lowest BCUT2D eigenvalue weighted by Crippen LogP contribution is -2.48. The molecule has 0 aliphatic carbocycles. The minimum atomic E-state index is -1.87. The summed E-state index contributed by atoms with van der Waals surface area (Å²) in [4.78, 5) is 23.2. The van der Waals surface area contributed by atoms with Crippen molar-refractivity contribution in [2.75, 3.05) is 13.2 Å². The van der Waals surface area contributed by atoms with Crippen molar-refractivity contribution in [3.05, 3.63) is 23.8 Å². The Morgan fingerprint density at radius 2 is 1.46 bits per heavy atom. The smallest absolute Gasteiger partial charge is 0.313 e. The molecule has 0 saturated carbocycles. The minimum absolute atomic E-state index is 0.205. The highest BCUT2D eigenvalue weighted by atomic mass is 28.4. The Kier molecular flexibility index (Phi) is 12.5. The van der Waals surface area contributed by atoms with Gasteiger partial charge < -0.3 is 9.16 Å². The van der Waals surface area contributed by atoms with Gasteiger partial charge in [0, 0.05) is 6.61 Å². The average Bonchev–Trinajstić information content (AvgIpc) is 2.58. The van der Waals surface area contributed by atoms with Crippen molar-refractivity contribution in [3.8, 4) is 0 Å². The highest BCUT2D eigenvalue weighted by Gasteiger charge is 2.45. The number of carbonyl (C=O) groups excluding carboxylic acids is 2. The summed E-state index contributed by atoms with van der Waals surface area (Å²) in [5.41, 5.74) is 2.71. The minimum Gasteiger partial charge on any atom is -0.466 e. The molecular formula is C23H42O4Si. The van der Waals surface area contributed by atoms with E-state index in [1.54, 1.807) is 13.0 Å². The van der Waals surface area contributed by atoms with Gasteiger partial charge in [-0.2, -0.15) is 0 Å². The molecule has 5 heteroatoms. The molecule has 0 aliphatic rings. The Hall–Kier alpha value is -1.20. The normalized spacial score (nSPS) is 14.4. The van der Waals surface area contributed by atoms with Crippen LogP contribution in [0.5, 0.6) is 0 Å². The SMILES string of the molecule is CCOC(=O)CC(=O)/C=C/C(C)=C/[C@H](CC)CO[Si](C(C)C)(C(C)C)C(C)C. The van der Waals surface area contributed by atoms with Crippen molar-refractivity contribution >= 4 is 20.1 Å². The molecular weight excluding hydrogens is 368 g/mol. The zero-order valence-electron chi connectivity index (χ0n) is 19.5. The van der Waals surface area contributed by atoms with Crippen LogP contribution in [0.1, 0.15) is 75.2 Å². The van der Waals surface area contributed by atoms with E-state index in [2.05, 4.69) is 54.5 Å². The number of ether oxygens (including phenoxy) is 1. The lowest BCUT2D eigenvalue weighted by molar-refractivity contribution is -0.144. The van der Waals surface area contributed by atoms with Gasteiger partial charge in [-0.3, -0.25) is 9.59 Å². The fourth-order valence-corrected chi connectivity index (χ4v) is 9.60. The Balaban J connectivity index is 5.05. The predicted molar refractivity (Wildman–Crippen MR) is 120 cm³/mol. The Morgan fingerprint density at radius 3 is 1.89 bits per heavy atom. The van der Waals surface area contributed by atoms with E-state index < -0.39 is 14.3 Å². The van der Waals surface area contributed by atoms with Crippen molar-refractivity contribution in [2.24, 2.45) is 5.92 Å². The summed E-state index contributed by atoms with van der Waals surface area (Å²) < 4.78 is 11.5. The second-order valence-corrected chi connectivity index (χ2v) is 13.9. The van der Waals surface area contributed by atoms with Crippen molar-refractivity contribution in [1.29, 1.82) is 0 Å². The van der Waals surface area contributed by atoms with Crippen molar-refractivity contribution < 1.29 is 18.8 Å². The largest absolute Gasteiger partial charge is 0.466 e. The molecule has 28 heavy (non-hydrogen) atoms. The number of rotatable bonds is 13. The maximum Gasteiger partial charge on any atom is 0.313 e. The monoisotopic (exact) mass is 410 g/mol. The third kappa shape index (κ3) is 8.44. The van der Waals surface area contributed by atoms with Crippen LogP contribution in [-0.2, 0) is 18.8 Å². The first kappa shape index (κ1) is 26.8.